The summed E-state index contributed by atoms with van der Waals surface area (Å²) in [7, 11) is 1.65. The minimum Gasteiger partial charge on any atom is -0.483 e. The first-order chi connectivity index (χ1) is 12.1. The van der Waals surface area contributed by atoms with E-state index < -0.39 is 5.60 Å². The third-order valence-electron chi connectivity index (χ3n) is 5.00. The van der Waals surface area contributed by atoms with Crippen LogP contribution in [-0.2, 0) is 19.9 Å². The monoisotopic (exact) mass is 336 g/mol. The average molecular weight is 336 g/mol. The van der Waals surface area contributed by atoms with Crippen LogP contribution in [0.3, 0.4) is 0 Å². The van der Waals surface area contributed by atoms with Gasteiger partial charge in [0.1, 0.15) is 17.3 Å². The highest BCUT2D eigenvalue weighted by Crippen LogP contribution is 2.58. The summed E-state index contributed by atoms with van der Waals surface area (Å²) < 4.78 is 18.2. The van der Waals surface area contributed by atoms with Crippen molar-refractivity contribution < 1.29 is 19.0 Å². The number of ether oxygens (including phenoxy) is 3. The zero-order chi connectivity index (χ0) is 17.6. The molecule has 0 aliphatic carbocycles. The molecule has 2 heterocycles. The van der Waals surface area contributed by atoms with Crippen molar-refractivity contribution in [3.63, 3.8) is 0 Å². The summed E-state index contributed by atoms with van der Waals surface area (Å²) in [6.45, 7) is 3.76. The van der Waals surface area contributed by atoms with Crippen molar-refractivity contribution in [2.24, 2.45) is 0 Å². The van der Waals surface area contributed by atoms with Crippen LogP contribution in [0.1, 0.15) is 30.9 Å². The van der Waals surface area contributed by atoms with Crippen molar-refractivity contribution in [3.8, 4) is 11.5 Å². The average Bonchev–Trinajstić information content (AvgIpc) is 2.83. The molecule has 0 aromatic heterocycles. The number of ketones is 1. The van der Waals surface area contributed by atoms with E-state index in [-0.39, 0.29) is 11.7 Å². The number of Topliss-reactive ketones (excluding diaryl/α,β-unsaturated/α-hetero) is 1. The molecule has 0 radical (unpaired) electrons. The van der Waals surface area contributed by atoms with Crippen LogP contribution in [0.2, 0.25) is 0 Å². The highest BCUT2D eigenvalue weighted by atomic mass is 16.5. The fourth-order valence-corrected chi connectivity index (χ4v) is 4.13. The molecular formula is C21H20O4. The van der Waals surface area contributed by atoms with Crippen molar-refractivity contribution in [3.05, 3.63) is 71.0 Å². The number of para-hydroxylation sites is 2. The van der Waals surface area contributed by atoms with Gasteiger partial charge < -0.3 is 14.2 Å². The van der Waals surface area contributed by atoms with Crippen molar-refractivity contribution in [2.45, 2.75) is 25.4 Å². The minimum absolute atomic E-state index is 0.00895. The zero-order valence-corrected chi connectivity index (χ0v) is 14.5. The van der Waals surface area contributed by atoms with Gasteiger partial charge in [0.15, 0.2) is 11.4 Å². The van der Waals surface area contributed by atoms with Crippen LogP contribution in [-0.4, -0.2) is 19.5 Å². The van der Waals surface area contributed by atoms with Gasteiger partial charge in [-0.3, -0.25) is 4.79 Å². The quantitative estimate of drug-likeness (QED) is 0.838. The summed E-state index contributed by atoms with van der Waals surface area (Å²) in [4.78, 5) is 12.5. The molecule has 2 aromatic carbocycles. The summed E-state index contributed by atoms with van der Waals surface area (Å²) in [5.41, 5.74) is 1.71. The van der Waals surface area contributed by atoms with E-state index >= 15 is 0 Å². The number of benzene rings is 2. The number of rotatable bonds is 3. The van der Waals surface area contributed by atoms with Crippen molar-refractivity contribution in [1.82, 2.24) is 0 Å². The Balaban J connectivity index is 2.07. The first-order valence-corrected chi connectivity index (χ1v) is 8.34. The Labute approximate surface area is 147 Å². The van der Waals surface area contributed by atoms with Crippen LogP contribution >= 0.6 is 0 Å². The van der Waals surface area contributed by atoms with Gasteiger partial charge in [0.05, 0.1) is 12.5 Å². The lowest BCUT2D eigenvalue weighted by Crippen LogP contribution is -2.37. The zero-order valence-electron chi connectivity index (χ0n) is 14.5. The van der Waals surface area contributed by atoms with Gasteiger partial charge in [0.2, 0.25) is 0 Å². The Morgan fingerprint density at radius 3 is 2.52 bits per heavy atom. The highest BCUT2D eigenvalue weighted by molar-refractivity contribution is 5.96. The molecule has 2 atom stereocenters. The summed E-state index contributed by atoms with van der Waals surface area (Å²) >= 11 is 0. The molecule has 2 unspecified atom stereocenters. The van der Waals surface area contributed by atoms with E-state index in [1.165, 1.54) is 0 Å². The number of hydrogen-bond acceptors (Lipinski definition) is 4. The van der Waals surface area contributed by atoms with Crippen molar-refractivity contribution in [2.75, 3.05) is 13.7 Å². The number of methoxy groups -OCH3 is 1. The molecule has 4 nitrogen and oxygen atoms in total. The van der Waals surface area contributed by atoms with Gasteiger partial charge >= 0.3 is 0 Å². The van der Waals surface area contributed by atoms with Gasteiger partial charge in [-0.05, 0) is 26.0 Å². The Kier molecular flexibility index (Phi) is 3.65. The molecule has 0 saturated heterocycles. The van der Waals surface area contributed by atoms with E-state index in [4.69, 9.17) is 14.2 Å². The van der Waals surface area contributed by atoms with E-state index in [0.717, 1.165) is 22.6 Å². The Hall–Kier alpha value is -2.59. The predicted octanol–water partition coefficient (Wildman–Crippen LogP) is 4.31. The molecule has 128 valence electrons. The molecule has 0 fully saturated rings. The largest absolute Gasteiger partial charge is 0.483 e. The van der Waals surface area contributed by atoms with Gasteiger partial charge in [-0.2, -0.15) is 0 Å². The highest BCUT2D eigenvalue weighted by Gasteiger charge is 2.55. The second-order valence-electron chi connectivity index (χ2n) is 6.52. The SMILES string of the molecule is COCC12OC(C)=C(C(C)=O)C1c1ccccc1Oc1ccccc12. The smallest absolute Gasteiger partial charge is 0.171 e. The molecule has 25 heavy (non-hydrogen) atoms. The minimum atomic E-state index is -0.816. The molecule has 2 aliphatic heterocycles. The lowest BCUT2D eigenvalue weighted by Gasteiger charge is -2.34. The summed E-state index contributed by atoms with van der Waals surface area (Å²) in [5, 5.41) is 0. The van der Waals surface area contributed by atoms with Crippen LogP contribution in [0.5, 0.6) is 11.5 Å². The molecule has 4 rings (SSSR count). The van der Waals surface area contributed by atoms with Gasteiger partial charge in [-0.15, -0.1) is 0 Å². The molecule has 0 N–H and O–H groups in total. The van der Waals surface area contributed by atoms with Crippen LogP contribution in [0.15, 0.2) is 59.9 Å². The van der Waals surface area contributed by atoms with Crippen LogP contribution < -0.4 is 4.74 Å². The molecule has 0 spiro atoms. The second kappa shape index (κ2) is 5.74. The number of carbonyl (C=O) groups is 1. The second-order valence-corrected chi connectivity index (χ2v) is 6.52. The molecule has 0 saturated carbocycles. The lowest BCUT2D eigenvalue weighted by atomic mass is 9.74. The molecule has 2 aliphatic rings. The topological polar surface area (TPSA) is 44.8 Å². The van der Waals surface area contributed by atoms with Gasteiger partial charge in [0.25, 0.3) is 0 Å². The predicted molar refractivity (Wildman–Crippen MR) is 93.7 cm³/mol. The van der Waals surface area contributed by atoms with E-state index in [2.05, 4.69) is 0 Å². The van der Waals surface area contributed by atoms with E-state index in [1.807, 2.05) is 55.5 Å². The summed E-state index contributed by atoms with van der Waals surface area (Å²) in [5.74, 6) is 1.86. The van der Waals surface area contributed by atoms with Crippen molar-refractivity contribution >= 4 is 5.78 Å². The normalized spacial score (nSPS) is 23.7. The van der Waals surface area contributed by atoms with E-state index in [9.17, 15) is 4.79 Å². The fraction of sp³-hybridized carbons (Fsp3) is 0.286. The first-order valence-electron chi connectivity index (χ1n) is 8.34. The lowest BCUT2D eigenvalue weighted by molar-refractivity contribution is -0.114. The standard InChI is InChI=1S/C21H20O4/c1-13(22)19-14(2)25-21(12-23-3)16-9-5-7-11-18(16)24-17-10-6-4-8-15(17)20(19)21/h4-11,20H,12H2,1-3H3. The Bertz CT molecular complexity index is 883. The van der Waals surface area contributed by atoms with Crippen LogP contribution in [0.25, 0.3) is 0 Å². The van der Waals surface area contributed by atoms with E-state index in [1.54, 1.807) is 14.0 Å². The molecular weight excluding hydrogens is 316 g/mol. The Morgan fingerprint density at radius 1 is 1.12 bits per heavy atom. The molecule has 4 heteroatoms. The molecule has 0 bridgehead atoms. The summed E-state index contributed by atoms with van der Waals surface area (Å²) in [6, 6.07) is 15.6. The number of carbonyl (C=O) groups excluding carboxylic acids is 1. The van der Waals surface area contributed by atoms with Crippen LogP contribution in [0.4, 0.5) is 0 Å². The van der Waals surface area contributed by atoms with Crippen LogP contribution in [0, 0.1) is 0 Å². The Morgan fingerprint density at radius 2 is 1.80 bits per heavy atom. The maximum Gasteiger partial charge on any atom is 0.171 e. The summed E-state index contributed by atoms with van der Waals surface area (Å²) in [6.07, 6.45) is 0. The first kappa shape index (κ1) is 15.9. The van der Waals surface area contributed by atoms with Crippen molar-refractivity contribution in [1.29, 1.82) is 0 Å². The molecule has 2 aromatic rings. The van der Waals surface area contributed by atoms with E-state index in [0.29, 0.717) is 17.9 Å². The maximum absolute atomic E-state index is 12.5. The third-order valence-corrected chi connectivity index (χ3v) is 5.00. The number of hydrogen-bond donors (Lipinski definition) is 0. The van der Waals surface area contributed by atoms with Gasteiger partial charge in [0, 0.05) is 23.8 Å². The van der Waals surface area contributed by atoms with Gasteiger partial charge in [-0.1, -0.05) is 36.4 Å². The third kappa shape index (κ3) is 2.21. The fourth-order valence-electron chi connectivity index (χ4n) is 4.13. The maximum atomic E-state index is 12.5. The molecule has 0 amide bonds. The number of allylic oxidation sites excluding steroid dienone is 1. The van der Waals surface area contributed by atoms with Gasteiger partial charge in [-0.25, -0.2) is 0 Å². The number of fused-ring (bicyclic) bond motifs is 5.